The van der Waals surface area contributed by atoms with E-state index >= 15 is 0 Å². The van der Waals surface area contributed by atoms with Crippen molar-refractivity contribution in [1.29, 1.82) is 0 Å². The number of rotatable bonds is 3. The second-order valence-electron chi connectivity index (χ2n) is 4.04. The minimum atomic E-state index is -0.556. The molecule has 1 aromatic carbocycles. The maximum absolute atomic E-state index is 13.6. The summed E-state index contributed by atoms with van der Waals surface area (Å²) in [6.07, 6.45) is 0. The van der Waals surface area contributed by atoms with E-state index in [-0.39, 0.29) is 5.02 Å². The number of fused-ring (bicyclic) bond motifs is 1. The van der Waals surface area contributed by atoms with Crippen molar-refractivity contribution in [2.45, 2.75) is 0 Å². The van der Waals surface area contributed by atoms with Crippen molar-refractivity contribution < 1.29 is 9.13 Å². The monoisotopic (exact) mass is 387 g/mol. The Morgan fingerprint density at radius 2 is 2.19 bits per heavy atom. The van der Waals surface area contributed by atoms with Gasteiger partial charge in [-0.1, -0.05) is 11.6 Å². The average molecular weight is 389 g/mol. The molecule has 0 saturated carbocycles. The van der Waals surface area contributed by atoms with E-state index in [1.807, 2.05) is 11.4 Å². The van der Waals surface area contributed by atoms with Crippen molar-refractivity contribution in [3.05, 3.63) is 38.9 Å². The summed E-state index contributed by atoms with van der Waals surface area (Å²) in [5, 5.41) is 5.55. The van der Waals surface area contributed by atoms with Crippen LogP contribution in [0.1, 0.15) is 0 Å². The third kappa shape index (κ3) is 2.81. The average Bonchev–Trinajstić information content (AvgIpc) is 2.93. The molecule has 2 aromatic heterocycles. The zero-order valence-electron chi connectivity index (χ0n) is 10.7. The highest BCUT2D eigenvalue weighted by atomic mass is 79.9. The highest BCUT2D eigenvalue weighted by Crippen LogP contribution is 2.36. The van der Waals surface area contributed by atoms with Gasteiger partial charge in [0.15, 0.2) is 0 Å². The number of hydrogen-bond donors (Lipinski definition) is 1. The number of nitrogens with one attached hydrogen (secondary N) is 1. The second-order valence-corrected chi connectivity index (χ2v) is 6.20. The summed E-state index contributed by atoms with van der Waals surface area (Å²) >= 11 is 10.5. The number of anilines is 1. The van der Waals surface area contributed by atoms with Crippen LogP contribution in [0.15, 0.2) is 28.1 Å². The SMILES string of the molecule is CNc1nc(Oc2cc(F)c(Cl)cc2Br)c2ccsc2n1. The smallest absolute Gasteiger partial charge is 0.232 e. The van der Waals surface area contributed by atoms with Crippen LogP contribution in [0.4, 0.5) is 10.3 Å². The molecule has 108 valence electrons. The van der Waals surface area contributed by atoms with E-state index < -0.39 is 5.82 Å². The van der Waals surface area contributed by atoms with E-state index in [2.05, 4.69) is 31.2 Å². The van der Waals surface area contributed by atoms with Gasteiger partial charge in [0, 0.05) is 13.1 Å². The number of thiophene rings is 1. The van der Waals surface area contributed by atoms with Gasteiger partial charge in [0.25, 0.3) is 0 Å². The van der Waals surface area contributed by atoms with Crippen LogP contribution < -0.4 is 10.1 Å². The molecular weight excluding hydrogens is 381 g/mol. The highest BCUT2D eigenvalue weighted by molar-refractivity contribution is 9.10. The topological polar surface area (TPSA) is 47.0 Å². The lowest BCUT2D eigenvalue weighted by molar-refractivity contribution is 0.461. The molecule has 0 saturated heterocycles. The summed E-state index contributed by atoms with van der Waals surface area (Å²) in [6, 6.07) is 4.51. The maximum Gasteiger partial charge on any atom is 0.232 e. The predicted molar refractivity (Wildman–Crippen MR) is 86.1 cm³/mol. The fourth-order valence-corrected chi connectivity index (χ4v) is 3.18. The predicted octanol–water partition coefficient (Wildman–Crippen LogP) is 5.08. The number of halogens is 3. The van der Waals surface area contributed by atoms with Gasteiger partial charge in [0.1, 0.15) is 16.4 Å². The van der Waals surface area contributed by atoms with Gasteiger partial charge in [0.2, 0.25) is 11.8 Å². The summed E-state index contributed by atoms with van der Waals surface area (Å²) in [5.74, 6) is 0.531. The molecule has 0 unspecified atom stereocenters. The molecule has 1 N–H and O–H groups in total. The van der Waals surface area contributed by atoms with Gasteiger partial charge < -0.3 is 10.1 Å². The van der Waals surface area contributed by atoms with Crippen LogP contribution in [-0.2, 0) is 0 Å². The van der Waals surface area contributed by atoms with E-state index in [0.717, 1.165) is 10.2 Å². The van der Waals surface area contributed by atoms with Crippen molar-refractivity contribution in [2.24, 2.45) is 0 Å². The molecule has 0 aliphatic heterocycles. The molecule has 3 rings (SSSR count). The Kier molecular flexibility index (Phi) is 3.97. The van der Waals surface area contributed by atoms with Crippen molar-refractivity contribution in [2.75, 3.05) is 12.4 Å². The number of benzene rings is 1. The van der Waals surface area contributed by atoms with Crippen LogP contribution in [0.5, 0.6) is 11.6 Å². The normalized spacial score (nSPS) is 10.9. The minimum Gasteiger partial charge on any atom is -0.437 e. The lowest BCUT2D eigenvalue weighted by Crippen LogP contribution is -1.98. The quantitative estimate of drug-likeness (QED) is 0.636. The molecule has 0 bridgehead atoms. The van der Waals surface area contributed by atoms with E-state index in [0.29, 0.717) is 22.1 Å². The molecular formula is C13H8BrClFN3OS. The molecule has 0 radical (unpaired) electrons. The fourth-order valence-electron chi connectivity index (χ4n) is 1.70. The van der Waals surface area contributed by atoms with Gasteiger partial charge in [-0.25, -0.2) is 9.37 Å². The third-order valence-electron chi connectivity index (χ3n) is 2.70. The Balaban J connectivity index is 2.09. The number of hydrogen-bond acceptors (Lipinski definition) is 5. The van der Waals surface area contributed by atoms with Crippen molar-refractivity contribution in [3.8, 4) is 11.6 Å². The first-order valence-corrected chi connectivity index (χ1v) is 7.89. The van der Waals surface area contributed by atoms with Crippen LogP contribution in [0.3, 0.4) is 0 Å². The van der Waals surface area contributed by atoms with Crippen LogP contribution in [-0.4, -0.2) is 17.0 Å². The van der Waals surface area contributed by atoms with E-state index in [9.17, 15) is 4.39 Å². The van der Waals surface area contributed by atoms with Crippen LogP contribution in [0.25, 0.3) is 10.2 Å². The van der Waals surface area contributed by atoms with E-state index in [1.165, 1.54) is 23.5 Å². The lowest BCUT2D eigenvalue weighted by atomic mass is 10.3. The van der Waals surface area contributed by atoms with Crippen molar-refractivity contribution in [1.82, 2.24) is 9.97 Å². The first kappa shape index (κ1) is 14.5. The lowest BCUT2D eigenvalue weighted by Gasteiger charge is -2.10. The van der Waals surface area contributed by atoms with E-state index in [4.69, 9.17) is 16.3 Å². The molecule has 2 heterocycles. The number of aromatic nitrogens is 2. The van der Waals surface area contributed by atoms with Crippen molar-refractivity contribution in [3.63, 3.8) is 0 Å². The van der Waals surface area contributed by atoms with Crippen molar-refractivity contribution >= 4 is 55.0 Å². The molecule has 21 heavy (non-hydrogen) atoms. The summed E-state index contributed by atoms with van der Waals surface area (Å²) in [4.78, 5) is 9.37. The van der Waals surface area contributed by atoms with Gasteiger partial charge in [-0.2, -0.15) is 4.98 Å². The molecule has 8 heteroatoms. The largest absolute Gasteiger partial charge is 0.437 e. The Morgan fingerprint density at radius 3 is 2.95 bits per heavy atom. The summed E-state index contributed by atoms with van der Waals surface area (Å²) in [5.41, 5.74) is 0. The Morgan fingerprint density at radius 1 is 1.38 bits per heavy atom. The van der Waals surface area contributed by atoms with Gasteiger partial charge in [-0.3, -0.25) is 0 Å². The second kappa shape index (κ2) is 5.75. The van der Waals surface area contributed by atoms with Gasteiger partial charge >= 0.3 is 0 Å². The molecule has 0 atom stereocenters. The Labute approximate surface area is 137 Å². The zero-order valence-corrected chi connectivity index (χ0v) is 13.8. The van der Waals surface area contributed by atoms with Gasteiger partial charge in [-0.05, 0) is 33.4 Å². The minimum absolute atomic E-state index is 0.0218. The maximum atomic E-state index is 13.6. The Hall–Kier alpha value is -1.44. The first-order chi connectivity index (χ1) is 10.1. The first-order valence-electron chi connectivity index (χ1n) is 5.84. The highest BCUT2D eigenvalue weighted by Gasteiger charge is 2.14. The summed E-state index contributed by atoms with van der Waals surface area (Å²) in [7, 11) is 1.72. The Bertz CT molecular complexity index is 827. The molecule has 0 spiro atoms. The number of nitrogens with zero attached hydrogens (tertiary/aromatic N) is 2. The van der Waals surface area contributed by atoms with E-state index in [1.54, 1.807) is 7.05 Å². The molecule has 0 aliphatic carbocycles. The van der Waals surface area contributed by atoms with Gasteiger partial charge in [0.05, 0.1) is 14.9 Å². The van der Waals surface area contributed by atoms with Crippen LogP contribution in [0, 0.1) is 5.82 Å². The summed E-state index contributed by atoms with van der Waals surface area (Å²) in [6.45, 7) is 0. The summed E-state index contributed by atoms with van der Waals surface area (Å²) < 4.78 is 19.9. The molecule has 0 amide bonds. The molecule has 4 nitrogen and oxygen atoms in total. The standard InChI is InChI=1S/C13H8BrClFN3OS/c1-17-13-18-11(6-2-3-21-12(6)19-13)20-10-5-9(16)8(15)4-7(10)14/h2-5H,1H3,(H,17,18,19). The zero-order chi connectivity index (χ0) is 15.0. The van der Waals surface area contributed by atoms with Crippen LogP contribution in [0.2, 0.25) is 5.02 Å². The molecule has 0 fully saturated rings. The molecule has 3 aromatic rings. The molecule has 0 aliphatic rings. The third-order valence-corrected chi connectivity index (χ3v) is 4.41. The van der Waals surface area contributed by atoms with Crippen LogP contribution >= 0.6 is 38.9 Å². The number of ether oxygens (including phenoxy) is 1. The van der Waals surface area contributed by atoms with Gasteiger partial charge in [-0.15, -0.1) is 11.3 Å². The fraction of sp³-hybridized carbons (Fsp3) is 0.0769.